The number of hydrogen-bond acceptors (Lipinski definition) is 3. The summed E-state index contributed by atoms with van der Waals surface area (Å²) in [6.07, 6.45) is 2.40. The Bertz CT molecular complexity index is 494. The predicted octanol–water partition coefficient (Wildman–Crippen LogP) is 2.55. The van der Waals surface area contributed by atoms with Crippen LogP contribution in [-0.4, -0.2) is 21.0 Å². The summed E-state index contributed by atoms with van der Waals surface area (Å²) in [5.74, 6) is 0.0236. The zero-order valence-corrected chi connectivity index (χ0v) is 11.5. The smallest absolute Gasteiger partial charge is 0.175 e. The van der Waals surface area contributed by atoms with E-state index in [0.717, 1.165) is 11.8 Å². The van der Waals surface area contributed by atoms with Gasteiger partial charge in [-0.15, -0.1) is 0 Å². The first-order chi connectivity index (χ1) is 7.34. The number of halogens is 1. The van der Waals surface area contributed by atoms with Crippen LogP contribution in [0.1, 0.15) is 24.8 Å². The van der Waals surface area contributed by atoms with Crippen LogP contribution in [0.25, 0.3) is 0 Å². The summed E-state index contributed by atoms with van der Waals surface area (Å²) in [6.45, 7) is 1.89. The summed E-state index contributed by atoms with van der Waals surface area (Å²) < 4.78 is 23.6. The van der Waals surface area contributed by atoms with E-state index < -0.39 is 9.84 Å². The second kappa shape index (κ2) is 5.10. The number of hydrogen-bond donors (Lipinski definition) is 0. The van der Waals surface area contributed by atoms with Gasteiger partial charge in [0.15, 0.2) is 9.84 Å². The van der Waals surface area contributed by atoms with Gasteiger partial charge in [0.25, 0.3) is 0 Å². The fourth-order valence-corrected chi connectivity index (χ4v) is 2.72. The molecule has 0 aliphatic heterocycles. The second-order valence-electron chi connectivity index (χ2n) is 3.80. The highest BCUT2D eigenvalue weighted by Crippen LogP contribution is 2.25. The van der Waals surface area contributed by atoms with E-state index in [9.17, 15) is 13.2 Å². The van der Waals surface area contributed by atoms with E-state index in [1.54, 1.807) is 12.1 Å². The standard InChI is InChI=1S/C11H13BrO3S/c1-8(3-4-13)9-5-10(12)7-11(6-9)16(2,14)15/h4-8H,3H2,1-2H3. The van der Waals surface area contributed by atoms with Gasteiger partial charge in [0.2, 0.25) is 0 Å². The zero-order chi connectivity index (χ0) is 12.3. The highest BCUT2D eigenvalue weighted by atomic mass is 79.9. The molecule has 0 aliphatic carbocycles. The number of aldehydes is 1. The van der Waals surface area contributed by atoms with Gasteiger partial charge in [-0.25, -0.2) is 8.42 Å². The zero-order valence-electron chi connectivity index (χ0n) is 9.10. The molecule has 0 spiro atoms. The molecular weight excluding hydrogens is 292 g/mol. The molecule has 88 valence electrons. The normalized spacial score (nSPS) is 13.4. The van der Waals surface area contributed by atoms with Crippen LogP contribution in [0, 0.1) is 0 Å². The number of carbonyl (C=O) groups excluding carboxylic acids is 1. The van der Waals surface area contributed by atoms with Crippen molar-refractivity contribution < 1.29 is 13.2 Å². The Morgan fingerprint density at radius 3 is 2.50 bits per heavy atom. The van der Waals surface area contributed by atoms with Crippen LogP contribution in [0.4, 0.5) is 0 Å². The van der Waals surface area contributed by atoms with Crippen LogP contribution in [0.2, 0.25) is 0 Å². The van der Waals surface area contributed by atoms with Crippen LogP contribution in [0.5, 0.6) is 0 Å². The molecule has 0 radical (unpaired) electrons. The number of benzene rings is 1. The third-order valence-electron chi connectivity index (χ3n) is 2.34. The summed E-state index contributed by atoms with van der Waals surface area (Å²) in [4.78, 5) is 10.7. The van der Waals surface area contributed by atoms with Gasteiger partial charge in [0.1, 0.15) is 6.29 Å². The van der Waals surface area contributed by atoms with Crippen molar-refractivity contribution in [1.29, 1.82) is 0 Å². The molecule has 0 saturated carbocycles. The fraction of sp³-hybridized carbons (Fsp3) is 0.364. The molecule has 1 rings (SSSR count). The van der Waals surface area contributed by atoms with Crippen molar-refractivity contribution in [3.05, 3.63) is 28.2 Å². The molecule has 0 saturated heterocycles. The molecule has 0 N–H and O–H groups in total. The molecule has 0 heterocycles. The maximum Gasteiger partial charge on any atom is 0.175 e. The SMILES string of the molecule is CC(CC=O)c1cc(Br)cc(S(C)(=O)=O)c1. The molecule has 0 bridgehead atoms. The van der Waals surface area contributed by atoms with E-state index >= 15 is 0 Å². The van der Waals surface area contributed by atoms with Gasteiger partial charge >= 0.3 is 0 Å². The minimum absolute atomic E-state index is 0.0236. The predicted molar refractivity (Wildman–Crippen MR) is 66.3 cm³/mol. The molecular formula is C11H13BrO3S. The Morgan fingerprint density at radius 2 is 2.00 bits per heavy atom. The fourth-order valence-electron chi connectivity index (χ4n) is 1.36. The Morgan fingerprint density at radius 1 is 1.38 bits per heavy atom. The van der Waals surface area contributed by atoms with Gasteiger partial charge in [-0.05, 0) is 29.7 Å². The van der Waals surface area contributed by atoms with Crippen molar-refractivity contribution in [2.45, 2.75) is 24.2 Å². The van der Waals surface area contributed by atoms with Crippen LogP contribution in [-0.2, 0) is 14.6 Å². The highest BCUT2D eigenvalue weighted by Gasteiger charge is 2.12. The Balaban J connectivity index is 3.23. The van der Waals surface area contributed by atoms with Gasteiger partial charge < -0.3 is 4.79 Å². The van der Waals surface area contributed by atoms with E-state index in [4.69, 9.17) is 0 Å². The maximum absolute atomic E-state index is 11.4. The van der Waals surface area contributed by atoms with Crippen molar-refractivity contribution >= 4 is 32.1 Å². The van der Waals surface area contributed by atoms with Gasteiger partial charge in [0, 0.05) is 17.1 Å². The van der Waals surface area contributed by atoms with E-state index in [-0.39, 0.29) is 10.8 Å². The van der Waals surface area contributed by atoms with Crippen LogP contribution >= 0.6 is 15.9 Å². The lowest BCUT2D eigenvalue weighted by molar-refractivity contribution is -0.108. The quantitative estimate of drug-likeness (QED) is 0.803. The van der Waals surface area contributed by atoms with E-state index in [1.165, 1.54) is 6.26 Å². The molecule has 0 fully saturated rings. The minimum atomic E-state index is -3.21. The Kier molecular flexibility index (Phi) is 4.27. The third-order valence-corrected chi connectivity index (χ3v) is 3.89. The van der Waals surface area contributed by atoms with Crippen molar-refractivity contribution in [2.24, 2.45) is 0 Å². The maximum atomic E-state index is 11.4. The first-order valence-corrected chi connectivity index (χ1v) is 7.47. The highest BCUT2D eigenvalue weighted by molar-refractivity contribution is 9.10. The molecule has 16 heavy (non-hydrogen) atoms. The van der Waals surface area contributed by atoms with Crippen molar-refractivity contribution in [3.8, 4) is 0 Å². The lowest BCUT2D eigenvalue weighted by Crippen LogP contribution is -2.01. The summed E-state index contributed by atoms with van der Waals surface area (Å²) in [5, 5.41) is 0. The first-order valence-electron chi connectivity index (χ1n) is 4.78. The third kappa shape index (κ3) is 3.42. The monoisotopic (exact) mass is 304 g/mol. The summed E-state index contributed by atoms with van der Waals surface area (Å²) in [6, 6.07) is 5.02. The average molecular weight is 305 g/mol. The molecule has 0 aromatic heterocycles. The van der Waals surface area contributed by atoms with E-state index in [0.29, 0.717) is 10.9 Å². The first kappa shape index (κ1) is 13.4. The van der Waals surface area contributed by atoms with E-state index in [2.05, 4.69) is 15.9 Å². The van der Waals surface area contributed by atoms with Gasteiger partial charge in [-0.2, -0.15) is 0 Å². The number of sulfone groups is 1. The molecule has 1 aromatic carbocycles. The average Bonchev–Trinajstić information content (AvgIpc) is 2.16. The van der Waals surface area contributed by atoms with Crippen molar-refractivity contribution in [1.82, 2.24) is 0 Å². The summed E-state index contributed by atoms with van der Waals surface area (Å²) in [5.41, 5.74) is 0.849. The number of carbonyl (C=O) groups is 1. The molecule has 1 aromatic rings. The van der Waals surface area contributed by atoms with Crippen molar-refractivity contribution in [2.75, 3.05) is 6.26 Å². The molecule has 0 aliphatic rings. The second-order valence-corrected chi connectivity index (χ2v) is 6.73. The Hall–Kier alpha value is -0.680. The van der Waals surface area contributed by atoms with Crippen LogP contribution in [0.3, 0.4) is 0 Å². The summed E-state index contributed by atoms with van der Waals surface area (Å²) >= 11 is 3.27. The molecule has 5 heteroatoms. The number of rotatable bonds is 4. The van der Waals surface area contributed by atoms with E-state index in [1.807, 2.05) is 13.0 Å². The Labute approximate surface area is 104 Å². The largest absolute Gasteiger partial charge is 0.303 e. The van der Waals surface area contributed by atoms with Gasteiger partial charge in [-0.1, -0.05) is 22.9 Å². The van der Waals surface area contributed by atoms with Crippen LogP contribution < -0.4 is 0 Å². The summed E-state index contributed by atoms with van der Waals surface area (Å²) in [7, 11) is -3.21. The molecule has 1 atom stereocenters. The molecule has 1 unspecified atom stereocenters. The van der Waals surface area contributed by atoms with Gasteiger partial charge in [0.05, 0.1) is 4.90 Å². The van der Waals surface area contributed by atoms with Gasteiger partial charge in [-0.3, -0.25) is 0 Å². The molecule has 0 amide bonds. The topological polar surface area (TPSA) is 51.2 Å². The van der Waals surface area contributed by atoms with Crippen LogP contribution in [0.15, 0.2) is 27.6 Å². The minimum Gasteiger partial charge on any atom is -0.303 e. The molecule has 3 nitrogen and oxygen atoms in total. The lowest BCUT2D eigenvalue weighted by Gasteiger charge is -2.10. The van der Waals surface area contributed by atoms with Crippen molar-refractivity contribution in [3.63, 3.8) is 0 Å². The lowest BCUT2D eigenvalue weighted by atomic mass is 9.99.